The largest absolute Gasteiger partial charge is 0.480 e. The van der Waals surface area contributed by atoms with Gasteiger partial charge in [0.15, 0.2) is 0 Å². The Balaban J connectivity index is 2.24. The number of aliphatic carboxylic acids is 1. The molecule has 0 atom stereocenters. The normalized spacial score (nSPS) is 15.0. The number of halogens is 2. The van der Waals surface area contributed by atoms with Crippen molar-refractivity contribution in [2.45, 2.75) is 6.54 Å². The second kappa shape index (κ2) is 5.71. The van der Waals surface area contributed by atoms with E-state index in [1.807, 2.05) is 0 Å². The topological polar surface area (TPSA) is 95.0 Å². The Hall–Kier alpha value is -2.12. The van der Waals surface area contributed by atoms with E-state index in [2.05, 4.69) is 0 Å². The van der Waals surface area contributed by atoms with E-state index in [0.717, 1.165) is 0 Å². The summed E-state index contributed by atoms with van der Waals surface area (Å²) in [5.74, 6) is -3.66. The molecule has 110 valence electrons. The summed E-state index contributed by atoms with van der Waals surface area (Å²) < 4.78 is 0. The number of carboxylic acids is 1. The maximum atomic E-state index is 11.9. The second-order valence-electron chi connectivity index (χ2n) is 4.19. The SMILES string of the molecule is O=C(O)CN1C(=O)C(=O)N(Cc2ccc(Cl)cc2Cl)C1=O. The Kier molecular flexibility index (Phi) is 4.15. The number of amides is 4. The quantitative estimate of drug-likeness (QED) is 0.664. The number of carbonyl (C=O) groups is 4. The fourth-order valence-corrected chi connectivity index (χ4v) is 2.25. The van der Waals surface area contributed by atoms with Crippen molar-refractivity contribution in [1.29, 1.82) is 0 Å². The van der Waals surface area contributed by atoms with Gasteiger partial charge in [0.1, 0.15) is 6.54 Å². The lowest BCUT2D eigenvalue weighted by molar-refractivity contribution is -0.146. The van der Waals surface area contributed by atoms with Crippen LogP contribution < -0.4 is 0 Å². The van der Waals surface area contributed by atoms with Crippen molar-refractivity contribution in [2.24, 2.45) is 0 Å². The van der Waals surface area contributed by atoms with E-state index in [4.69, 9.17) is 28.3 Å². The summed E-state index contributed by atoms with van der Waals surface area (Å²) >= 11 is 11.7. The van der Waals surface area contributed by atoms with Crippen molar-refractivity contribution in [2.75, 3.05) is 6.54 Å². The summed E-state index contributed by atoms with van der Waals surface area (Å²) in [6.07, 6.45) is 0. The molecule has 21 heavy (non-hydrogen) atoms. The Morgan fingerprint density at radius 3 is 2.29 bits per heavy atom. The summed E-state index contributed by atoms with van der Waals surface area (Å²) in [7, 11) is 0. The molecule has 1 N–H and O–H groups in total. The number of carbonyl (C=O) groups excluding carboxylic acids is 3. The van der Waals surface area contributed by atoms with Crippen LogP contribution in [0.25, 0.3) is 0 Å². The van der Waals surface area contributed by atoms with Gasteiger partial charge in [0, 0.05) is 10.0 Å². The van der Waals surface area contributed by atoms with Crippen molar-refractivity contribution in [1.82, 2.24) is 9.80 Å². The van der Waals surface area contributed by atoms with Crippen molar-refractivity contribution >= 4 is 47.0 Å². The molecular weight excluding hydrogens is 323 g/mol. The average Bonchev–Trinajstić information content (AvgIpc) is 2.58. The highest BCUT2D eigenvalue weighted by atomic mass is 35.5. The molecule has 0 aromatic heterocycles. The van der Waals surface area contributed by atoms with Crippen LogP contribution in [0.2, 0.25) is 10.0 Å². The molecule has 1 aromatic carbocycles. The number of rotatable bonds is 4. The van der Waals surface area contributed by atoms with Gasteiger partial charge in [-0.05, 0) is 17.7 Å². The standard InChI is InChI=1S/C12H8Cl2N2O5/c13-7-2-1-6(8(14)3-7)4-15-10(19)11(20)16(12(15)21)5-9(17)18/h1-3H,4-5H2,(H,17,18). The van der Waals surface area contributed by atoms with Crippen LogP contribution in [0.1, 0.15) is 5.56 Å². The van der Waals surface area contributed by atoms with Gasteiger partial charge in [-0.25, -0.2) is 9.69 Å². The molecule has 1 aliphatic rings. The van der Waals surface area contributed by atoms with Gasteiger partial charge >= 0.3 is 23.8 Å². The van der Waals surface area contributed by atoms with E-state index in [0.29, 0.717) is 20.4 Å². The first-order valence-electron chi connectivity index (χ1n) is 5.64. The Morgan fingerprint density at radius 1 is 1.10 bits per heavy atom. The lowest BCUT2D eigenvalue weighted by Crippen LogP contribution is -2.36. The average molecular weight is 331 g/mol. The monoisotopic (exact) mass is 330 g/mol. The minimum absolute atomic E-state index is 0.229. The van der Waals surface area contributed by atoms with E-state index in [1.165, 1.54) is 18.2 Å². The number of urea groups is 1. The minimum Gasteiger partial charge on any atom is -0.480 e. The van der Waals surface area contributed by atoms with Crippen molar-refractivity contribution in [3.05, 3.63) is 33.8 Å². The van der Waals surface area contributed by atoms with E-state index < -0.39 is 30.4 Å². The first-order valence-corrected chi connectivity index (χ1v) is 6.40. The Morgan fingerprint density at radius 2 is 1.71 bits per heavy atom. The molecule has 0 aliphatic carbocycles. The summed E-state index contributed by atoms with van der Waals surface area (Å²) in [6, 6.07) is 3.47. The molecule has 1 heterocycles. The van der Waals surface area contributed by atoms with Crippen LogP contribution in [-0.4, -0.2) is 45.3 Å². The smallest absolute Gasteiger partial charge is 0.335 e. The van der Waals surface area contributed by atoms with Gasteiger partial charge in [-0.15, -0.1) is 0 Å². The number of imide groups is 2. The summed E-state index contributed by atoms with van der Waals surface area (Å²) in [6.45, 7) is -1.11. The summed E-state index contributed by atoms with van der Waals surface area (Å²) in [5, 5.41) is 9.24. The summed E-state index contributed by atoms with van der Waals surface area (Å²) in [5.41, 5.74) is 0.410. The zero-order valence-electron chi connectivity index (χ0n) is 10.4. The zero-order valence-corrected chi connectivity index (χ0v) is 11.9. The molecule has 7 nitrogen and oxygen atoms in total. The van der Waals surface area contributed by atoms with Crippen LogP contribution in [0.15, 0.2) is 18.2 Å². The molecular formula is C12H8Cl2N2O5. The highest BCUT2D eigenvalue weighted by Crippen LogP contribution is 2.24. The third kappa shape index (κ3) is 2.98. The fourth-order valence-electron chi connectivity index (χ4n) is 1.78. The van der Waals surface area contributed by atoms with Crippen LogP contribution >= 0.6 is 23.2 Å². The van der Waals surface area contributed by atoms with E-state index >= 15 is 0 Å². The fraction of sp³-hybridized carbons (Fsp3) is 0.167. The predicted octanol–water partition coefficient (Wildman–Crippen LogP) is 1.37. The highest BCUT2D eigenvalue weighted by molar-refractivity contribution is 6.45. The number of benzene rings is 1. The van der Waals surface area contributed by atoms with Crippen molar-refractivity contribution in [3.8, 4) is 0 Å². The molecule has 1 fully saturated rings. The first kappa shape index (κ1) is 15.3. The van der Waals surface area contributed by atoms with Gasteiger partial charge in [0.05, 0.1) is 6.54 Å². The molecule has 0 radical (unpaired) electrons. The molecule has 0 spiro atoms. The van der Waals surface area contributed by atoms with Gasteiger partial charge < -0.3 is 5.11 Å². The van der Waals surface area contributed by atoms with E-state index in [-0.39, 0.29) is 11.6 Å². The predicted molar refractivity (Wildman–Crippen MR) is 71.8 cm³/mol. The highest BCUT2D eigenvalue weighted by Gasteiger charge is 2.45. The molecule has 0 unspecified atom stereocenters. The third-order valence-corrected chi connectivity index (χ3v) is 3.36. The van der Waals surface area contributed by atoms with Crippen LogP contribution in [0, 0.1) is 0 Å². The Bertz CT molecular complexity index is 661. The number of nitrogens with zero attached hydrogens (tertiary/aromatic N) is 2. The van der Waals surface area contributed by atoms with E-state index in [1.54, 1.807) is 0 Å². The lowest BCUT2D eigenvalue weighted by atomic mass is 10.2. The van der Waals surface area contributed by atoms with Crippen LogP contribution in [0.5, 0.6) is 0 Å². The van der Waals surface area contributed by atoms with Gasteiger partial charge in [0.25, 0.3) is 0 Å². The maximum absolute atomic E-state index is 11.9. The lowest BCUT2D eigenvalue weighted by Gasteiger charge is -2.15. The molecule has 1 aliphatic heterocycles. The second-order valence-corrected chi connectivity index (χ2v) is 5.04. The molecule has 4 amide bonds. The zero-order chi connectivity index (χ0) is 15.7. The van der Waals surface area contributed by atoms with Gasteiger partial charge in [-0.3, -0.25) is 19.3 Å². The molecule has 1 saturated heterocycles. The number of hydrogen-bond donors (Lipinski definition) is 1. The van der Waals surface area contributed by atoms with Gasteiger partial charge in [-0.1, -0.05) is 29.3 Å². The van der Waals surface area contributed by atoms with Gasteiger partial charge in [0.2, 0.25) is 0 Å². The minimum atomic E-state index is -1.39. The van der Waals surface area contributed by atoms with E-state index in [9.17, 15) is 19.2 Å². The van der Waals surface area contributed by atoms with Crippen molar-refractivity contribution in [3.63, 3.8) is 0 Å². The molecule has 2 rings (SSSR count). The molecule has 0 saturated carbocycles. The molecule has 0 bridgehead atoms. The third-order valence-electron chi connectivity index (χ3n) is 2.77. The molecule has 9 heteroatoms. The van der Waals surface area contributed by atoms with Crippen LogP contribution in [-0.2, 0) is 20.9 Å². The maximum Gasteiger partial charge on any atom is 0.335 e. The summed E-state index contributed by atoms with van der Waals surface area (Å²) in [4.78, 5) is 46.9. The van der Waals surface area contributed by atoms with Crippen LogP contribution in [0.4, 0.5) is 4.79 Å². The van der Waals surface area contributed by atoms with Crippen LogP contribution in [0.3, 0.4) is 0 Å². The Labute approximate surface area is 128 Å². The van der Waals surface area contributed by atoms with Crippen molar-refractivity contribution < 1.29 is 24.3 Å². The van der Waals surface area contributed by atoms with Gasteiger partial charge in [-0.2, -0.15) is 0 Å². The number of hydrogen-bond acceptors (Lipinski definition) is 4. The number of carboxylic acid groups (broad SMARTS) is 1. The molecule has 1 aromatic rings. The first-order chi connectivity index (χ1) is 9.81.